The molecule has 0 spiro atoms. The van der Waals surface area contributed by atoms with Gasteiger partial charge >= 0.3 is 5.97 Å². The molecule has 0 saturated heterocycles. The fraction of sp³-hybridized carbons (Fsp3) is 0.143. The number of anilines is 2. The molecule has 0 bridgehead atoms. The molecule has 0 amide bonds. The van der Waals surface area contributed by atoms with Crippen LogP contribution in [0.2, 0.25) is 0 Å². The molecule has 0 atom stereocenters. The van der Waals surface area contributed by atoms with Crippen LogP contribution in [0, 0.1) is 0 Å². The normalized spacial score (nSPS) is 10.2. The highest BCUT2D eigenvalue weighted by Crippen LogP contribution is 2.36. The first-order chi connectivity index (χ1) is 13.6. The van der Waals surface area contributed by atoms with Crippen molar-refractivity contribution < 1.29 is 14.3 Å². The van der Waals surface area contributed by atoms with E-state index >= 15 is 0 Å². The lowest BCUT2D eigenvalue weighted by Gasteiger charge is -2.11. The van der Waals surface area contributed by atoms with Gasteiger partial charge in [0, 0.05) is 10.6 Å². The van der Waals surface area contributed by atoms with Gasteiger partial charge in [0.1, 0.15) is 10.8 Å². The number of thiocarbonyl (C=S) groups is 1. The molecule has 7 heteroatoms. The van der Waals surface area contributed by atoms with Gasteiger partial charge < -0.3 is 20.1 Å². The minimum Gasteiger partial charge on any atom is -0.497 e. The van der Waals surface area contributed by atoms with Gasteiger partial charge in [-0.3, -0.25) is 0 Å². The lowest BCUT2D eigenvalue weighted by Crippen LogP contribution is -2.20. The van der Waals surface area contributed by atoms with Crippen molar-refractivity contribution >= 4 is 45.3 Å². The fourth-order valence-electron chi connectivity index (χ4n) is 2.53. The maximum Gasteiger partial charge on any atom is 0.341 e. The Hall–Kier alpha value is -2.90. The number of hydrogen-bond donors (Lipinski definition) is 2. The van der Waals surface area contributed by atoms with Crippen LogP contribution in [0.15, 0.2) is 60.7 Å². The van der Waals surface area contributed by atoms with Crippen molar-refractivity contribution in [2.75, 3.05) is 24.4 Å². The quantitative estimate of drug-likeness (QED) is 0.417. The fourth-order valence-corrected chi connectivity index (χ4v) is 3.87. The van der Waals surface area contributed by atoms with Crippen molar-refractivity contribution in [3.05, 3.63) is 66.2 Å². The topological polar surface area (TPSA) is 59.6 Å². The zero-order valence-corrected chi connectivity index (χ0v) is 17.2. The third-order valence-corrected chi connectivity index (χ3v) is 5.16. The van der Waals surface area contributed by atoms with Crippen LogP contribution in [0.25, 0.3) is 10.4 Å². The molecule has 3 rings (SSSR count). The van der Waals surface area contributed by atoms with Crippen molar-refractivity contribution in [1.29, 1.82) is 0 Å². The predicted octanol–water partition coefficient (Wildman–Crippen LogP) is 5.41. The van der Waals surface area contributed by atoms with E-state index in [0.717, 1.165) is 21.9 Å². The number of benzene rings is 2. The van der Waals surface area contributed by atoms with Crippen LogP contribution in [0.4, 0.5) is 10.7 Å². The second-order valence-electron chi connectivity index (χ2n) is 5.75. The third kappa shape index (κ3) is 4.88. The van der Waals surface area contributed by atoms with Gasteiger partial charge in [-0.15, -0.1) is 11.3 Å². The predicted molar refractivity (Wildman–Crippen MR) is 119 cm³/mol. The van der Waals surface area contributed by atoms with Gasteiger partial charge in [0.25, 0.3) is 0 Å². The highest BCUT2D eigenvalue weighted by Gasteiger charge is 2.19. The molecule has 1 aromatic heterocycles. The van der Waals surface area contributed by atoms with Crippen molar-refractivity contribution in [2.45, 2.75) is 6.92 Å². The van der Waals surface area contributed by atoms with Gasteiger partial charge in [0.05, 0.1) is 19.3 Å². The van der Waals surface area contributed by atoms with E-state index in [9.17, 15) is 4.79 Å². The molecule has 0 fully saturated rings. The number of ether oxygens (including phenoxy) is 2. The first kappa shape index (κ1) is 19.9. The van der Waals surface area contributed by atoms with Crippen LogP contribution >= 0.6 is 23.6 Å². The largest absolute Gasteiger partial charge is 0.497 e. The van der Waals surface area contributed by atoms with E-state index in [1.165, 1.54) is 11.3 Å². The summed E-state index contributed by atoms with van der Waals surface area (Å²) in [6, 6.07) is 19.1. The number of esters is 1. The Morgan fingerprint density at radius 1 is 1.07 bits per heavy atom. The molecular formula is C21H20N2O3S2. The second-order valence-corrected chi connectivity index (χ2v) is 7.21. The van der Waals surface area contributed by atoms with Crippen molar-refractivity contribution in [3.63, 3.8) is 0 Å². The highest BCUT2D eigenvalue weighted by molar-refractivity contribution is 7.80. The van der Waals surface area contributed by atoms with E-state index < -0.39 is 0 Å². The minimum atomic E-state index is -0.379. The molecule has 1 heterocycles. The summed E-state index contributed by atoms with van der Waals surface area (Å²) in [5, 5.41) is 7.26. The van der Waals surface area contributed by atoms with Crippen LogP contribution in [0.1, 0.15) is 17.3 Å². The van der Waals surface area contributed by atoms with Crippen molar-refractivity contribution in [1.82, 2.24) is 0 Å². The van der Waals surface area contributed by atoms with E-state index in [2.05, 4.69) is 10.6 Å². The number of thiophene rings is 1. The molecule has 0 radical (unpaired) electrons. The molecule has 144 valence electrons. The average molecular weight is 413 g/mol. The summed E-state index contributed by atoms with van der Waals surface area (Å²) in [4.78, 5) is 13.3. The first-order valence-electron chi connectivity index (χ1n) is 8.69. The van der Waals surface area contributed by atoms with Crippen LogP contribution in [0.5, 0.6) is 5.75 Å². The average Bonchev–Trinajstić information content (AvgIpc) is 3.13. The first-order valence-corrected chi connectivity index (χ1v) is 9.91. The Bertz CT molecular complexity index is 954. The standard InChI is InChI=1S/C21H20N2O3S2/c1-3-26-20(24)17-13-18(14-7-5-4-6-8-14)28-19(17)23-21(27)22-15-9-11-16(25-2)12-10-15/h4-13H,3H2,1-2H3,(H2,22,23,27). The zero-order chi connectivity index (χ0) is 19.9. The van der Waals surface area contributed by atoms with E-state index in [4.69, 9.17) is 21.7 Å². The van der Waals surface area contributed by atoms with Gasteiger partial charge in [-0.25, -0.2) is 4.79 Å². The lowest BCUT2D eigenvalue weighted by molar-refractivity contribution is 0.0528. The van der Waals surface area contributed by atoms with Crippen molar-refractivity contribution in [2.24, 2.45) is 0 Å². The Labute approximate surface area is 173 Å². The maximum absolute atomic E-state index is 12.4. The van der Waals surface area contributed by atoms with E-state index in [-0.39, 0.29) is 5.97 Å². The summed E-state index contributed by atoms with van der Waals surface area (Å²) in [5.74, 6) is 0.385. The summed E-state index contributed by atoms with van der Waals surface area (Å²) in [5.41, 5.74) is 2.31. The number of carbonyl (C=O) groups excluding carboxylic acids is 1. The summed E-state index contributed by atoms with van der Waals surface area (Å²) in [6.45, 7) is 2.09. The number of hydrogen-bond acceptors (Lipinski definition) is 5. The molecule has 2 N–H and O–H groups in total. The number of rotatable bonds is 6. The van der Waals surface area contributed by atoms with Crippen molar-refractivity contribution in [3.8, 4) is 16.2 Å². The zero-order valence-electron chi connectivity index (χ0n) is 15.5. The Balaban J connectivity index is 1.81. The van der Waals surface area contributed by atoms with Gasteiger partial charge in [-0.2, -0.15) is 0 Å². The molecular weight excluding hydrogens is 392 g/mol. The Kier molecular flexibility index (Phi) is 6.62. The van der Waals surface area contributed by atoms with E-state index in [1.807, 2.05) is 60.7 Å². The summed E-state index contributed by atoms with van der Waals surface area (Å²) >= 11 is 6.87. The Morgan fingerprint density at radius 2 is 1.79 bits per heavy atom. The number of carbonyl (C=O) groups is 1. The van der Waals surface area contributed by atoms with Crippen LogP contribution in [0.3, 0.4) is 0 Å². The molecule has 0 saturated carbocycles. The molecule has 3 aromatic rings. The third-order valence-electron chi connectivity index (χ3n) is 3.86. The smallest absolute Gasteiger partial charge is 0.341 e. The number of methoxy groups -OCH3 is 1. The summed E-state index contributed by atoms with van der Waals surface area (Å²) in [7, 11) is 1.62. The Morgan fingerprint density at radius 3 is 2.43 bits per heavy atom. The van der Waals surface area contributed by atoms with Gasteiger partial charge in [0.2, 0.25) is 0 Å². The van der Waals surface area contributed by atoms with E-state index in [1.54, 1.807) is 14.0 Å². The second kappa shape index (κ2) is 9.34. The molecule has 0 unspecified atom stereocenters. The van der Waals surface area contributed by atoms with Gasteiger partial charge in [0.15, 0.2) is 5.11 Å². The van der Waals surface area contributed by atoms with Crippen LogP contribution in [-0.2, 0) is 4.74 Å². The minimum absolute atomic E-state index is 0.309. The monoisotopic (exact) mass is 412 g/mol. The molecule has 2 aromatic carbocycles. The van der Waals surface area contributed by atoms with Crippen LogP contribution < -0.4 is 15.4 Å². The van der Waals surface area contributed by atoms with Crippen LogP contribution in [-0.4, -0.2) is 24.8 Å². The highest BCUT2D eigenvalue weighted by atomic mass is 32.1. The molecule has 0 aliphatic rings. The number of nitrogens with one attached hydrogen (secondary N) is 2. The van der Waals surface area contributed by atoms with E-state index in [0.29, 0.717) is 22.3 Å². The van der Waals surface area contributed by atoms with Gasteiger partial charge in [-0.1, -0.05) is 30.3 Å². The molecule has 0 aliphatic carbocycles. The SMILES string of the molecule is CCOC(=O)c1cc(-c2ccccc2)sc1NC(=S)Nc1ccc(OC)cc1. The maximum atomic E-state index is 12.4. The summed E-state index contributed by atoms with van der Waals surface area (Å²) in [6.07, 6.45) is 0. The molecule has 0 aliphatic heterocycles. The lowest BCUT2D eigenvalue weighted by atomic mass is 10.1. The van der Waals surface area contributed by atoms with Gasteiger partial charge in [-0.05, 0) is 55.0 Å². The molecule has 5 nitrogen and oxygen atoms in total. The molecule has 28 heavy (non-hydrogen) atoms. The summed E-state index contributed by atoms with van der Waals surface area (Å²) < 4.78 is 10.3.